The molecular weight excluding hydrogens is 468 g/mol. The van der Waals surface area contributed by atoms with Crippen molar-refractivity contribution in [2.45, 2.75) is 55.9 Å². The van der Waals surface area contributed by atoms with E-state index in [4.69, 9.17) is 0 Å². The summed E-state index contributed by atoms with van der Waals surface area (Å²) in [6.45, 7) is 1.76. The van der Waals surface area contributed by atoms with Crippen LogP contribution in [-0.2, 0) is 16.1 Å². The van der Waals surface area contributed by atoms with Crippen molar-refractivity contribution in [1.82, 2.24) is 30.1 Å². The SMILES string of the molecule is O=C1CCC(N2Cc3cc(-n4cc(C(=O)N5CCSC6(CCCC6)C5)nn4)ccc3C2=O)C(=O)N1. The molecule has 3 aliphatic heterocycles. The van der Waals surface area contributed by atoms with Gasteiger partial charge in [0.05, 0.1) is 11.9 Å². The quantitative estimate of drug-likeness (QED) is 0.643. The molecule has 1 aliphatic carbocycles. The lowest BCUT2D eigenvalue weighted by molar-refractivity contribution is -0.136. The highest BCUT2D eigenvalue weighted by molar-refractivity contribution is 8.00. The Hall–Kier alpha value is -3.21. The molecule has 11 heteroatoms. The first-order chi connectivity index (χ1) is 16.9. The number of aromatic nitrogens is 3. The molecule has 4 amide bonds. The number of carbonyl (C=O) groups excluding carboxylic acids is 4. The number of thioether (sulfide) groups is 1. The van der Waals surface area contributed by atoms with Crippen molar-refractivity contribution >= 4 is 35.4 Å². The fourth-order valence-electron chi connectivity index (χ4n) is 5.69. The normalized spacial score (nSPS) is 23.7. The molecule has 10 nitrogen and oxygen atoms in total. The van der Waals surface area contributed by atoms with E-state index >= 15 is 0 Å². The summed E-state index contributed by atoms with van der Waals surface area (Å²) in [5, 5.41) is 10.6. The van der Waals surface area contributed by atoms with E-state index in [0.717, 1.165) is 37.2 Å². The Morgan fingerprint density at radius 2 is 2.00 bits per heavy atom. The zero-order valence-electron chi connectivity index (χ0n) is 19.2. The van der Waals surface area contributed by atoms with Crippen molar-refractivity contribution in [3.05, 3.63) is 41.2 Å². The molecule has 1 unspecified atom stereocenters. The van der Waals surface area contributed by atoms with Crippen molar-refractivity contribution in [1.29, 1.82) is 0 Å². The minimum absolute atomic E-state index is 0.0943. The largest absolute Gasteiger partial charge is 0.335 e. The lowest BCUT2D eigenvalue weighted by Crippen LogP contribution is -2.52. The molecule has 4 aliphatic rings. The molecule has 1 N–H and O–H groups in total. The number of benzene rings is 1. The number of amides is 4. The van der Waals surface area contributed by atoms with Crippen LogP contribution in [0.2, 0.25) is 0 Å². The highest BCUT2D eigenvalue weighted by atomic mass is 32.2. The number of hydrogen-bond acceptors (Lipinski definition) is 7. The number of nitrogens with zero attached hydrogens (tertiary/aromatic N) is 5. The summed E-state index contributed by atoms with van der Waals surface area (Å²) >= 11 is 2.01. The van der Waals surface area contributed by atoms with E-state index < -0.39 is 11.9 Å². The summed E-state index contributed by atoms with van der Waals surface area (Å²) in [7, 11) is 0. The van der Waals surface area contributed by atoms with Crippen LogP contribution in [-0.4, -0.2) is 78.1 Å². The number of rotatable bonds is 3. The molecule has 182 valence electrons. The molecule has 35 heavy (non-hydrogen) atoms. The van der Waals surface area contributed by atoms with Crippen molar-refractivity contribution in [3.8, 4) is 5.69 Å². The van der Waals surface area contributed by atoms with Gasteiger partial charge in [0.15, 0.2) is 5.69 Å². The summed E-state index contributed by atoms with van der Waals surface area (Å²) in [6, 6.07) is 4.66. The maximum absolute atomic E-state index is 13.2. The third-order valence-corrected chi connectivity index (χ3v) is 9.07. The fourth-order valence-corrected chi connectivity index (χ4v) is 7.26. The molecule has 2 saturated heterocycles. The molecule has 6 rings (SSSR count). The molecule has 2 aromatic rings. The Morgan fingerprint density at radius 1 is 1.17 bits per heavy atom. The number of nitrogens with one attached hydrogen (secondary N) is 1. The molecular formula is C24H26N6O4S. The second kappa shape index (κ2) is 8.47. The van der Waals surface area contributed by atoms with Gasteiger partial charge >= 0.3 is 0 Å². The molecule has 1 aromatic carbocycles. The van der Waals surface area contributed by atoms with E-state index in [-0.39, 0.29) is 35.4 Å². The second-order valence-electron chi connectivity index (χ2n) is 9.76. The molecule has 0 radical (unpaired) electrons. The van der Waals surface area contributed by atoms with Crippen LogP contribution in [0.1, 0.15) is 64.9 Å². The summed E-state index contributed by atoms with van der Waals surface area (Å²) in [4.78, 5) is 53.3. The maximum Gasteiger partial charge on any atom is 0.276 e. The topological polar surface area (TPSA) is 118 Å². The van der Waals surface area contributed by atoms with Gasteiger partial charge in [-0.15, -0.1) is 5.10 Å². The number of fused-ring (bicyclic) bond motifs is 1. The smallest absolute Gasteiger partial charge is 0.276 e. The van der Waals surface area contributed by atoms with Crippen molar-refractivity contribution < 1.29 is 19.2 Å². The number of carbonyl (C=O) groups is 4. The van der Waals surface area contributed by atoms with Crippen LogP contribution in [0.3, 0.4) is 0 Å². The number of hydrogen-bond donors (Lipinski definition) is 1. The molecule has 1 spiro atoms. The second-order valence-corrected chi connectivity index (χ2v) is 11.3. The minimum Gasteiger partial charge on any atom is -0.335 e. The molecule has 1 aromatic heterocycles. The zero-order valence-corrected chi connectivity index (χ0v) is 20.1. The van der Waals surface area contributed by atoms with Crippen LogP contribution in [0.5, 0.6) is 0 Å². The van der Waals surface area contributed by atoms with Gasteiger partial charge in [-0.1, -0.05) is 18.1 Å². The third-order valence-electron chi connectivity index (χ3n) is 7.53. The lowest BCUT2D eigenvalue weighted by atomic mass is 10.0. The van der Waals surface area contributed by atoms with Crippen LogP contribution in [0.15, 0.2) is 24.4 Å². The van der Waals surface area contributed by atoms with Crippen LogP contribution < -0.4 is 5.32 Å². The van der Waals surface area contributed by atoms with Gasteiger partial charge in [0.25, 0.3) is 11.8 Å². The first-order valence-electron chi connectivity index (χ1n) is 12.1. The first kappa shape index (κ1) is 22.3. The van der Waals surface area contributed by atoms with Crippen molar-refractivity contribution in [3.63, 3.8) is 0 Å². The number of imide groups is 1. The van der Waals surface area contributed by atoms with E-state index in [2.05, 4.69) is 15.6 Å². The van der Waals surface area contributed by atoms with Gasteiger partial charge in [0.2, 0.25) is 11.8 Å². The Kier molecular flexibility index (Phi) is 5.39. The first-order valence-corrected chi connectivity index (χ1v) is 13.0. The predicted octanol–water partition coefficient (Wildman–Crippen LogP) is 1.53. The monoisotopic (exact) mass is 494 g/mol. The Balaban J connectivity index is 1.18. The van der Waals surface area contributed by atoms with Gasteiger partial charge in [-0.2, -0.15) is 11.8 Å². The molecule has 0 bridgehead atoms. The Labute approximate surface area is 206 Å². The standard InChI is InChI=1S/C24H26N6O4S/c31-20-6-5-19(21(32)25-20)29-12-15-11-16(3-4-17(15)22(29)33)30-13-18(26-27-30)23(34)28-9-10-35-24(14-28)7-1-2-8-24/h3-4,11,13,19H,1-2,5-10,12,14H2,(H,25,31,32). The van der Waals surface area contributed by atoms with Gasteiger partial charge in [0.1, 0.15) is 6.04 Å². The fraction of sp³-hybridized carbons (Fsp3) is 0.500. The summed E-state index contributed by atoms with van der Waals surface area (Å²) in [6.07, 6.45) is 6.97. The van der Waals surface area contributed by atoms with E-state index in [1.165, 1.54) is 17.7 Å². The van der Waals surface area contributed by atoms with Crippen LogP contribution in [0.4, 0.5) is 0 Å². The van der Waals surface area contributed by atoms with Gasteiger partial charge in [-0.05, 0) is 43.0 Å². The Bertz CT molecular complexity index is 1240. The Morgan fingerprint density at radius 3 is 2.80 bits per heavy atom. The van der Waals surface area contributed by atoms with Gasteiger partial charge in [-0.3, -0.25) is 24.5 Å². The van der Waals surface area contributed by atoms with Crippen molar-refractivity contribution in [2.24, 2.45) is 0 Å². The minimum atomic E-state index is -0.655. The van der Waals surface area contributed by atoms with E-state index in [0.29, 0.717) is 23.4 Å². The average molecular weight is 495 g/mol. The van der Waals surface area contributed by atoms with Crippen LogP contribution in [0, 0.1) is 0 Å². The molecule has 4 heterocycles. The molecule has 3 fully saturated rings. The summed E-state index contributed by atoms with van der Waals surface area (Å²) < 4.78 is 1.75. The summed E-state index contributed by atoms with van der Waals surface area (Å²) in [5.41, 5.74) is 2.31. The zero-order chi connectivity index (χ0) is 24.2. The maximum atomic E-state index is 13.2. The average Bonchev–Trinajstić information content (AvgIpc) is 3.59. The third kappa shape index (κ3) is 3.91. The van der Waals surface area contributed by atoms with E-state index in [1.54, 1.807) is 23.0 Å². The van der Waals surface area contributed by atoms with Crippen LogP contribution >= 0.6 is 11.8 Å². The lowest BCUT2D eigenvalue weighted by Gasteiger charge is -2.39. The van der Waals surface area contributed by atoms with Crippen LogP contribution in [0.25, 0.3) is 5.69 Å². The van der Waals surface area contributed by atoms with E-state index in [9.17, 15) is 19.2 Å². The molecule has 1 saturated carbocycles. The summed E-state index contributed by atoms with van der Waals surface area (Å²) in [5.74, 6) is -0.112. The highest BCUT2D eigenvalue weighted by Gasteiger charge is 2.41. The number of piperidine rings is 1. The van der Waals surface area contributed by atoms with Crippen molar-refractivity contribution in [2.75, 3.05) is 18.8 Å². The van der Waals surface area contributed by atoms with E-state index in [1.807, 2.05) is 22.7 Å². The highest BCUT2D eigenvalue weighted by Crippen LogP contribution is 2.44. The predicted molar refractivity (Wildman–Crippen MR) is 127 cm³/mol. The van der Waals surface area contributed by atoms with Gasteiger partial charge < -0.3 is 9.80 Å². The van der Waals surface area contributed by atoms with Gasteiger partial charge in [0, 0.05) is 42.1 Å². The molecule has 1 atom stereocenters. The van der Waals surface area contributed by atoms with Gasteiger partial charge in [-0.25, -0.2) is 4.68 Å².